The van der Waals surface area contributed by atoms with Crippen molar-refractivity contribution in [2.75, 3.05) is 13.7 Å². The Bertz CT molecular complexity index is 715. The Balaban J connectivity index is 2.63. The van der Waals surface area contributed by atoms with E-state index in [0.29, 0.717) is 10.8 Å². The van der Waals surface area contributed by atoms with Gasteiger partial charge in [0.2, 0.25) is 0 Å². The van der Waals surface area contributed by atoms with Gasteiger partial charge in [-0.25, -0.2) is 9.78 Å². The molecule has 0 bridgehead atoms. The number of amides is 1. The van der Waals surface area contributed by atoms with Crippen molar-refractivity contribution in [3.05, 3.63) is 41.9 Å². The van der Waals surface area contributed by atoms with E-state index in [1.807, 2.05) is 20.8 Å². The van der Waals surface area contributed by atoms with Crippen molar-refractivity contribution in [1.29, 1.82) is 0 Å². The van der Waals surface area contributed by atoms with Crippen molar-refractivity contribution in [3.63, 3.8) is 0 Å². The molecule has 9 heteroatoms. The molecular formula is C17H23ClN4O4. The highest BCUT2D eigenvalue weighted by atomic mass is 35.5. The van der Waals surface area contributed by atoms with Crippen LogP contribution in [0.3, 0.4) is 0 Å². The lowest BCUT2D eigenvalue weighted by atomic mass is 9.78. The quantitative estimate of drug-likeness (QED) is 0.738. The zero-order valence-corrected chi connectivity index (χ0v) is 15.9. The SMILES string of the molecule is COCC(C(C)(C)C)C(OC(N)=O)(Oc1ccc(Cl)cc1)n1cncn1. The highest BCUT2D eigenvalue weighted by molar-refractivity contribution is 6.30. The van der Waals surface area contributed by atoms with Crippen molar-refractivity contribution in [1.82, 2.24) is 14.8 Å². The number of primary amides is 1. The standard InChI is InChI=1S/C17H23ClN4O4/c1-16(2,3)14(9-24-4)17(26-15(19)23,22-11-20-10-21-22)25-13-7-5-12(18)6-8-13/h5-8,10-11,14H,9H2,1-4H3,(H2,19,23). The predicted octanol–water partition coefficient (Wildman–Crippen LogP) is 3.02. The van der Waals surface area contributed by atoms with E-state index >= 15 is 0 Å². The number of benzene rings is 1. The minimum atomic E-state index is -1.70. The second-order valence-corrected chi connectivity index (χ2v) is 7.26. The summed E-state index contributed by atoms with van der Waals surface area (Å²) in [5, 5.41) is 4.68. The maximum Gasteiger partial charge on any atom is 0.409 e. The van der Waals surface area contributed by atoms with Gasteiger partial charge < -0.3 is 19.9 Å². The molecule has 2 aromatic rings. The number of nitrogens with zero attached hydrogens (tertiary/aromatic N) is 3. The normalized spacial score (nSPS) is 15.1. The number of carbonyl (C=O) groups excluding carboxylic acids is 1. The van der Waals surface area contributed by atoms with E-state index in [9.17, 15) is 4.79 Å². The topological polar surface area (TPSA) is 101 Å². The monoisotopic (exact) mass is 382 g/mol. The lowest BCUT2D eigenvalue weighted by Gasteiger charge is -2.43. The number of aromatic nitrogens is 3. The number of carbonyl (C=O) groups is 1. The summed E-state index contributed by atoms with van der Waals surface area (Å²) in [4.78, 5) is 15.7. The van der Waals surface area contributed by atoms with Crippen molar-refractivity contribution in [2.24, 2.45) is 17.1 Å². The van der Waals surface area contributed by atoms with Gasteiger partial charge in [0, 0.05) is 12.1 Å². The first-order valence-corrected chi connectivity index (χ1v) is 8.34. The van der Waals surface area contributed by atoms with Crippen LogP contribution in [0.15, 0.2) is 36.9 Å². The number of hydrogen-bond donors (Lipinski definition) is 1. The first-order valence-electron chi connectivity index (χ1n) is 7.96. The molecule has 0 aliphatic carbocycles. The second kappa shape index (κ2) is 7.92. The summed E-state index contributed by atoms with van der Waals surface area (Å²) in [6, 6.07) is 6.64. The molecule has 0 saturated carbocycles. The predicted molar refractivity (Wildman–Crippen MR) is 95.6 cm³/mol. The molecule has 1 aromatic heterocycles. The minimum Gasteiger partial charge on any atom is -0.433 e. The largest absolute Gasteiger partial charge is 0.433 e. The van der Waals surface area contributed by atoms with Crippen LogP contribution in [0.1, 0.15) is 20.8 Å². The van der Waals surface area contributed by atoms with E-state index in [2.05, 4.69) is 10.1 Å². The Hall–Kier alpha value is -2.32. The number of halogens is 1. The van der Waals surface area contributed by atoms with Gasteiger partial charge >= 0.3 is 12.0 Å². The molecule has 2 N–H and O–H groups in total. The van der Waals surface area contributed by atoms with Crippen LogP contribution in [0.5, 0.6) is 5.75 Å². The third-order valence-corrected chi connectivity index (χ3v) is 4.13. The van der Waals surface area contributed by atoms with Crippen LogP contribution in [-0.4, -0.2) is 34.6 Å². The van der Waals surface area contributed by atoms with Gasteiger partial charge in [-0.3, -0.25) is 0 Å². The summed E-state index contributed by atoms with van der Waals surface area (Å²) >= 11 is 5.94. The molecule has 0 aliphatic heterocycles. The molecule has 0 saturated heterocycles. The summed E-state index contributed by atoms with van der Waals surface area (Å²) in [6.45, 7) is 6.12. The molecule has 142 valence electrons. The Kier molecular flexibility index (Phi) is 6.09. The molecule has 0 spiro atoms. The summed E-state index contributed by atoms with van der Waals surface area (Å²) in [6.07, 6.45) is 1.70. The van der Waals surface area contributed by atoms with Gasteiger partial charge in [-0.1, -0.05) is 32.4 Å². The molecule has 1 aromatic carbocycles. The molecule has 1 heterocycles. The average Bonchev–Trinajstić information content (AvgIpc) is 3.07. The number of nitrogens with two attached hydrogens (primary N) is 1. The highest BCUT2D eigenvalue weighted by Gasteiger charge is 2.53. The molecule has 0 radical (unpaired) electrons. The fraction of sp³-hybridized carbons (Fsp3) is 0.471. The van der Waals surface area contributed by atoms with Gasteiger partial charge in [0.1, 0.15) is 18.4 Å². The first-order chi connectivity index (χ1) is 12.2. The Morgan fingerprint density at radius 1 is 1.31 bits per heavy atom. The van der Waals surface area contributed by atoms with Crippen LogP contribution in [0.2, 0.25) is 5.02 Å². The lowest BCUT2D eigenvalue weighted by Crippen LogP contribution is -2.56. The van der Waals surface area contributed by atoms with Crippen molar-refractivity contribution in [2.45, 2.75) is 26.7 Å². The molecule has 8 nitrogen and oxygen atoms in total. The Labute approximate surface area is 157 Å². The number of ether oxygens (including phenoxy) is 3. The molecule has 0 fully saturated rings. The van der Waals surface area contributed by atoms with E-state index in [1.165, 1.54) is 17.3 Å². The fourth-order valence-corrected chi connectivity index (χ4v) is 2.80. The number of rotatable bonds is 7. The summed E-state index contributed by atoms with van der Waals surface area (Å²) < 4.78 is 18.4. The lowest BCUT2D eigenvalue weighted by molar-refractivity contribution is -0.275. The molecule has 2 atom stereocenters. The second-order valence-electron chi connectivity index (χ2n) is 6.82. The van der Waals surface area contributed by atoms with Crippen LogP contribution in [-0.2, 0) is 15.4 Å². The van der Waals surface area contributed by atoms with Crippen molar-refractivity contribution < 1.29 is 19.0 Å². The average molecular weight is 383 g/mol. The highest BCUT2D eigenvalue weighted by Crippen LogP contribution is 2.42. The third-order valence-electron chi connectivity index (χ3n) is 3.88. The molecular weight excluding hydrogens is 360 g/mol. The summed E-state index contributed by atoms with van der Waals surface area (Å²) in [5.41, 5.74) is 4.96. The smallest absolute Gasteiger partial charge is 0.409 e. The third kappa shape index (κ3) is 4.44. The Morgan fingerprint density at radius 3 is 2.42 bits per heavy atom. The molecule has 1 amide bonds. The van der Waals surface area contributed by atoms with Gasteiger partial charge in [0.05, 0.1) is 12.5 Å². The van der Waals surface area contributed by atoms with E-state index < -0.39 is 23.3 Å². The Morgan fingerprint density at radius 2 is 1.96 bits per heavy atom. The molecule has 0 aliphatic rings. The first kappa shape index (κ1) is 20.0. The van der Waals surface area contributed by atoms with Gasteiger partial charge in [-0.05, 0) is 29.7 Å². The van der Waals surface area contributed by atoms with Crippen LogP contribution >= 0.6 is 11.6 Å². The van der Waals surface area contributed by atoms with Crippen molar-refractivity contribution >= 4 is 17.7 Å². The van der Waals surface area contributed by atoms with E-state index in [-0.39, 0.29) is 6.61 Å². The molecule has 2 unspecified atom stereocenters. The zero-order valence-electron chi connectivity index (χ0n) is 15.2. The molecule has 2 rings (SSSR count). The van der Waals surface area contributed by atoms with Crippen molar-refractivity contribution in [3.8, 4) is 5.75 Å². The summed E-state index contributed by atoms with van der Waals surface area (Å²) in [5.74, 6) is -1.77. The maximum absolute atomic E-state index is 11.8. The van der Waals surface area contributed by atoms with Gasteiger partial charge in [0.15, 0.2) is 0 Å². The van der Waals surface area contributed by atoms with Gasteiger partial charge in [-0.2, -0.15) is 9.78 Å². The van der Waals surface area contributed by atoms with Gasteiger partial charge in [-0.15, -0.1) is 0 Å². The number of hydrogen-bond acceptors (Lipinski definition) is 6. The maximum atomic E-state index is 11.8. The molecule has 26 heavy (non-hydrogen) atoms. The van der Waals surface area contributed by atoms with Crippen LogP contribution in [0, 0.1) is 11.3 Å². The number of methoxy groups -OCH3 is 1. The minimum absolute atomic E-state index is 0.213. The zero-order chi connectivity index (χ0) is 19.4. The van der Waals surface area contributed by atoms with Crippen LogP contribution in [0.4, 0.5) is 4.79 Å². The van der Waals surface area contributed by atoms with Crippen LogP contribution < -0.4 is 10.5 Å². The van der Waals surface area contributed by atoms with E-state index in [4.69, 9.17) is 31.5 Å². The van der Waals surface area contributed by atoms with E-state index in [0.717, 1.165) is 0 Å². The van der Waals surface area contributed by atoms with Gasteiger partial charge in [0.25, 0.3) is 0 Å². The van der Waals surface area contributed by atoms with E-state index in [1.54, 1.807) is 31.4 Å². The summed E-state index contributed by atoms with van der Waals surface area (Å²) in [7, 11) is 1.55. The fourth-order valence-electron chi connectivity index (χ4n) is 2.67. The van der Waals surface area contributed by atoms with Crippen LogP contribution in [0.25, 0.3) is 0 Å².